The van der Waals surface area contributed by atoms with Crippen molar-refractivity contribution in [1.82, 2.24) is 9.88 Å². The predicted molar refractivity (Wildman–Crippen MR) is 104 cm³/mol. The highest BCUT2D eigenvalue weighted by Crippen LogP contribution is 2.31. The van der Waals surface area contributed by atoms with Crippen LogP contribution in [-0.2, 0) is 9.47 Å². The molecule has 1 aliphatic heterocycles. The topological polar surface area (TPSA) is 61.0 Å². The molecule has 7 nitrogen and oxygen atoms in total. The number of hydrogen-bond acceptors (Lipinski definition) is 6. The normalized spacial score (nSPS) is 15.2. The van der Waals surface area contributed by atoms with Gasteiger partial charge in [0.15, 0.2) is 0 Å². The van der Waals surface area contributed by atoms with E-state index in [0.717, 1.165) is 55.1 Å². The summed E-state index contributed by atoms with van der Waals surface area (Å²) < 4.78 is 10.8. The molecule has 2 heterocycles. The molecule has 1 saturated heterocycles. The molecule has 0 bridgehead atoms. The van der Waals surface area contributed by atoms with Crippen LogP contribution < -0.4 is 9.80 Å². The van der Waals surface area contributed by atoms with Gasteiger partial charge in [0.25, 0.3) is 0 Å². The van der Waals surface area contributed by atoms with Crippen molar-refractivity contribution in [2.45, 2.75) is 0 Å². The van der Waals surface area contributed by atoms with E-state index >= 15 is 0 Å². The predicted octanol–water partition coefficient (Wildman–Crippen LogP) is 1.79. The van der Waals surface area contributed by atoms with Crippen LogP contribution in [0.15, 0.2) is 18.2 Å². The Morgan fingerprint density at radius 1 is 1.15 bits per heavy atom. The minimum Gasteiger partial charge on any atom is -0.460 e. The molecule has 3 rings (SSSR count). The molecule has 1 fully saturated rings. The molecule has 0 atom stereocenters. The minimum absolute atomic E-state index is 0.314. The van der Waals surface area contributed by atoms with Crippen molar-refractivity contribution in [2.75, 3.05) is 77.4 Å². The van der Waals surface area contributed by atoms with Gasteiger partial charge in [-0.1, -0.05) is 0 Å². The second kappa shape index (κ2) is 7.97. The Hall–Kier alpha value is -2.25. The SMILES string of the molecule is CN(C)c1cc(N(C)C)c2cc(C(=O)OCCN3CCOCC3)[nH]c2c1. The fourth-order valence-corrected chi connectivity index (χ4v) is 3.11. The Morgan fingerprint density at radius 3 is 2.54 bits per heavy atom. The van der Waals surface area contributed by atoms with Crippen LogP contribution in [0.5, 0.6) is 0 Å². The van der Waals surface area contributed by atoms with Gasteiger partial charge in [-0.25, -0.2) is 4.79 Å². The molecule has 26 heavy (non-hydrogen) atoms. The van der Waals surface area contributed by atoms with Gasteiger partial charge < -0.3 is 24.3 Å². The number of nitrogens with one attached hydrogen (secondary N) is 1. The van der Waals surface area contributed by atoms with E-state index in [9.17, 15) is 4.79 Å². The van der Waals surface area contributed by atoms with Crippen LogP contribution in [0.1, 0.15) is 10.5 Å². The molecule has 0 unspecified atom stereocenters. The molecule has 142 valence electrons. The van der Waals surface area contributed by atoms with Gasteiger partial charge in [-0.05, 0) is 18.2 Å². The number of anilines is 2. The average molecular weight is 360 g/mol. The van der Waals surface area contributed by atoms with E-state index in [4.69, 9.17) is 9.47 Å². The molecular weight excluding hydrogens is 332 g/mol. The number of benzene rings is 1. The first kappa shape index (κ1) is 18.5. The number of nitrogens with zero attached hydrogens (tertiary/aromatic N) is 3. The summed E-state index contributed by atoms with van der Waals surface area (Å²) in [5.74, 6) is -0.314. The molecule has 0 amide bonds. The number of aromatic amines is 1. The third-order valence-electron chi connectivity index (χ3n) is 4.66. The van der Waals surface area contributed by atoms with E-state index in [1.165, 1.54) is 0 Å². The highest BCUT2D eigenvalue weighted by molar-refractivity contribution is 6.01. The Balaban J connectivity index is 1.73. The number of H-pyrrole nitrogens is 1. The van der Waals surface area contributed by atoms with Gasteiger partial charge in [0, 0.05) is 64.6 Å². The Morgan fingerprint density at radius 2 is 1.88 bits per heavy atom. The summed E-state index contributed by atoms with van der Waals surface area (Å²) in [5.41, 5.74) is 3.56. The van der Waals surface area contributed by atoms with E-state index in [1.807, 2.05) is 45.2 Å². The minimum atomic E-state index is -0.314. The number of fused-ring (bicyclic) bond motifs is 1. The molecular formula is C19H28N4O3. The van der Waals surface area contributed by atoms with Crippen LogP contribution >= 0.6 is 0 Å². The number of morpholine rings is 1. The third kappa shape index (κ3) is 4.11. The third-order valence-corrected chi connectivity index (χ3v) is 4.66. The number of carbonyl (C=O) groups excluding carboxylic acids is 1. The summed E-state index contributed by atoms with van der Waals surface area (Å²) in [4.78, 5) is 22.0. The van der Waals surface area contributed by atoms with Crippen LogP contribution in [0.25, 0.3) is 10.9 Å². The van der Waals surface area contributed by atoms with E-state index < -0.39 is 0 Å². The lowest BCUT2D eigenvalue weighted by atomic mass is 10.1. The van der Waals surface area contributed by atoms with Gasteiger partial charge >= 0.3 is 5.97 Å². The molecule has 0 saturated carbocycles. The summed E-state index contributed by atoms with van der Waals surface area (Å²) in [5, 5.41) is 1.01. The summed E-state index contributed by atoms with van der Waals surface area (Å²) in [6.45, 7) is 4.41. The fourth-order valence-electron chi connectivity index (χ4n) is 3.11. The maximum Gasteiger partial charge on any atom is 0.354 e. The first-order valence-corrected chi connectivity index (χ1v) is 8.94. The van der Waals surface area contributed by atoms with Crippen molar-refractivity contribution in [3.8, 4) is 0 Å². The molecule has 0 spiro atoms. The summed E-state index contributed by atoms with van der Waals surface area (Å²) >= 11 is 0. The van der Waals surface area contributed by atoms with Crippen molar-refractivity contribution >= 4 is 28.2 Å². The van der Waals surface area contributed by atoms with Crippen molar-refractivity contribution in [3.63, 3.8) is 0 Å². The second-order valence-corrected chi connectivity index (χ2v) is 6.99. The molecule has 1 aliphatic rings. The van der Waals surface area contributed by atoms with Crippen molar-refractivity contribution in [3.05, 3.63) is 23.9 Å². The number of aromatic nitrogens is 1. The highest BCUT2D eigenvalue weighted by atomic mass is 16.5. The number of esters is 1. The van der Waals surface area contributed by atoms with E-state index in [0.29, 0.717) is 12.3 Å². The van der Waals surface area contributed by atoms with Gasteiger partial charge in [-0.15, -0.1) is 0 Å². The number of rotatable bonds is 6. The monoisotopic (exact) mass is 360 g/mol. The zero-order valence-electron chi connectivity index (χ0n) is 16.0. The molecule has 1 N–H and O–H groups in total. The summed E-state index contributed by atoms with van der Waals surface area (Å²) in [7, 11) is 8.01. The van der Waals surface area contributed by atoms with Gasteiger partial charge in [-0.2, -0.15) is 0 Å². The lowest BCUT2D eigenvalue weighted by Crippen LogP contribution is -2.38. The molecule has 7 heteroatoms. The van der Waals surface area contributed by atoms with Crippen molar-refractivity contribution < 1.29 is 14.3 Å². The standard InChI is InChI=1S/C19H28N4O3/c1-21(2)14-11-16-15(18(12-14)22(3)4)13-17(20-16)19(24)26-10-7-23-5-8-25-9-6-23/h11-13,20H,5-10H2,1-4H3. The smallest absolute Gasteiger partial charge is 0.354 e. The van der Waals surface area contributed by atoms with Crippen LogP contribution in [0.2, 0.25) is 0 Å². The first-order chi connectivity index (χ1) is 12.5. The summed E-state index contributed by atoms with van der Waals surface area (Å²) in [6.07, 6.45) is 0. The van der Waals surface area contributed by atoms with E-state index in [2.05, 4.69) is 20.9 Å². The number of carbonyl (C=O) groups is 1. The van der Waals surface area contributed by atoms with Gasteiger partial charge in [0.2, 0.25) is 0 Å². The van der Waals surface area contributed by atoms with Crippen LogP contribution in [0.4, 0.5) is 11.4 Å². The van der Waals surface area contributed by atoms with Gasteiger partial charge in [0.1, 0.15) is 12.3 Å². The maximum absolute atomic E-state index is 12.4. The molecule has 0 radical (unpaired) electrons. The quantitative estimate of drug-likeness (QED) is 0.793. The van der Waals surface area contributed by atoms with E-state index in [1.54, 1.807) is 0 Å². The van der Waals surface area contributed by atoms with Crippen LogP contribution in [-0.4, -0.2) is 83.5 Å². The average Bonchev–Trinajstić information content (AvgIpc) is 3.05. The molecule has 1 aromatic carbocycles. The van der Waals surface area contributed by atoms with Gasteiger partial charge in [0.05, 0.1) is 18.7 Å². The second-order valence-electron chi connectivity index (χ2n) is 6.99. The molecule has 2 aromatic rings. The van der Waals surface area contributed by atoms with Crippen molar-refractivity contribution in [2.24, 2.45) is 0 Å². The summed E-state index contributed by atoms with van der Waals surface area (Å²) in [6, 6.07) is 6.04. The zero-order valence-corrected chi connectivity index (χ0v) is 16.0. The van der Waals surface area contributed by atoms with Crippen LogP contribution in [0, 0.1) is 0 Å². The van der Waals surface area contributed by atoms with Crippen molar-refractivity contribution in [1.29, 1.82) is 0 Å². The first-order valence-electron chi connectivity index (χ1n) is 8.94. The Kier molecular flexibility index (Phi) is 5.68. The van der Waals surface area contributed by atoms with Crippen LogP contribution in [0.3, 0.4) is 0 Å². The van der Waals surface area contributed by atoms with E-state index in [-0.39, 0.29) is 5.97 Å². The zero-order chi connectivity index (χ0) is 18.7. The lowest BCUT2D eigenvalue weighted by Gasteiger charge is -2.26. The molecule has 1 aromatic heterocycles. The largest absolute Gasteiger partial charge is 0.460 e. The lowest BCUT2D eigenvalue weighted by molar-refractivity contribution is 0.0193. The highest BCUT2D eigenvalue weighted by Gasteiger charge is 2.16. The fraction of sp³-hybridized carbons (Fsp3) is 0.526. The number of ether oxygens (including phenoxy) is 2. The Labute approximate surface area is 154 Å². The molecule has 0 aliphatic carbocycles. The maximum atomic E-state index is 12.4. The Bertz CT molecular complexity index is 763. The van der Waals surface area contributed by atoms with Gasteiger partial charge in [-0.3, -0.25) is 4.90 Å². The number of hydrogen-bond donors (Lipinski definition) is 1.